The van der Waals surface area contributed by atoms with E-state index in [1.54, 1.807) is 6.08 Å². The summed E-state index contributed by atoms with van der Waals surface area (Å²) in [6.45, 7) is 3.87. The second-order valence-corrected chi connectivity index (χ2v) is 7.83. The minimum Gasteiger partial charge on any atom is -0.317 e. The van der Waals surface area contributed by atoms with Crippen molar-refractivity contribution in [2.75, 3.05) is 0 Å². The van der Waals surface area contributed by atoms with Gasteiger partial charge in [-0.05, 0) is 90.2 Å². The Morgan fingerprint density at radius 1 is 1.21 bits per heavy atom. The first-order valence-corrected chi connectivity index (χ1v) is 9.61. The fraction of sp³-hybridized carbons (Fsp3) is 0.222. The Bertz CT molecular complexity index is 811. The lowest BCUT2D eigenvalue weighted by Gasteiger charge is -2.19. The lowest BCUT2D eigenvalue weighted by atomic mass is 10.2. The van der Waals surface area contributed by atoms with Crippen LogP contribution in [0.2, 0.25) is 0 Å². The smallest absolute Gasteiger partial charge is 0.293 e. The third kappa shape index (κ3) is 3.30. The standard InChI is InChI=1S/C18H17IN2O2S/c1-3-12(2)21-17(22)16(24-18(21)23)11-15-5-4-10-20(15)14-8-6-13(19)7-9-14/h4-12H,3H2,1-2H3/b16-11+/t12-/m0/s1. The molecule has 1 aliphatic rings. The van der Waals surface area contributed by atoms with Crippen molar-refractivity contribution in [3.05, 3.63) is 56.8 Å². The van der Waals surface area contributed by atoms with Crippen molar-refractivity contribution in [2.24, 2.45) is 0 Å². The fourth-order valence-electron chi connectivity index (χ4n) is 2.53. The van der Waals surface area contributed by atoms with Crippen molar-refractivity contribution >= 4 is 51.6 Å². The molecule has 2 amide bonds. The number of carbonyl (C=O) groups is 2. The topological polar surface area (TPSA) is 42.3 Å². The molecule has 1 fully saturated rings. The van der Waals surface area contributed by atoms with Crippen molar-refractivity contribution in [1.82, 2.24) is 9.47 Å². The lowest BCUT2D eigenvalue weighted by molar-refractivity contribution is -0.124. The minimum absolute atomic E-state index is 0.0774. The molecule has 0 bridgehead atoms. The zero-order valence-corrected chi connectivity index (χ0v) is 16.4. The van der Waals surface area contributed by atoms with Gasteiger partial charge in [-0.1, -0.05) is 6.92 Å². The molecular formula is C18H17IN2O2S. The number of hydrogen-bond donors (Lipinski definition) is 0. The van der Waals surface area contributed by atoms with Gasteiger partial charge in [0.2, 0.25) is 0 Å². The van der Waals surface area contributed by atoms with Crippen molar-refractivity contribution < 1.29 is 9.59 Å². The number of aromatic nitrogens is 1. The number of thioether (sulfide) groups is 1. The number of imide groups is 1. The Kier molecular flexibility index (Phi) is 5.15. The summed E-state index contributed by atoms with van der Waals surface area (Å²) in [6, 6.07) is 11.9. The fourth-order valence-corrected chi connectivity index (χ4v) is 3.80. The first-order valence-electron chi connectivity index (χ1n) is 7.71. The van der Waals surface area contributed by atoms with Gasteiger partial charge in [0, 0.05) is 27.2 Å². The van der Waals surface area contributed by atoms with E-state index < -0.39 is 0 Å². The van der Waals surface area contributed by atoms with Gasteiger partial charge in [-0.2, -0.15) is 0 Å². The Morgan fingerprint density at radius 3 is 2.58 bits per heavy atom. The van der Waals surface area contributed by atoms with E-state index in [2.05, 4.69) is 22.6 Å². The summed E-state index contributed by atoms with van der Waals surface area (Å²) < 4.78 is 3.17. The molecule has 0 N–H and O–H groups in total. The summed E-state index contributed by atoms with van der Waals surface area (Å²) >= 11 is 3.28. The van der Waals surface area contributed by atoms with E-state index in [1.165, 1.54) is 8.47 Å². The van der Waals surface area contributed by atoms with E-state index in [4.69, 9.17) is 0 Å². The molecule has 1 aliphatic heterocycles. The lowest BCUT2D eigenvalue weighted by Crippen LogP contribution is -2.36. The van der Waals surface area contributed by atoms with E-state index in [0.717, 1.165) is 29.6 Å². The van der Waals surface area contributed by atoms with Crippen molar-refractivity contribution in [3.8, 4) is 5.69 Å². The third-order valence-corrected chi connectivity index (χ3v) is 5.62. The molecule has 6 heteroatoms. The molecule has 0 radical (unpaired) electrons. The summed E-state index contributed by atoms with van der Waals surface area (Å²) in [7, 11) is 0. The Hall–Kier alpha value is -1.54. The SMILES string of the molecule is CC[C@H](C)N1C(=O)S/C(=C/c2cccn2-c2ccc(I)cc2)C1=O. The summed E-state index contributed by atoms with van der Waals surface area (Å²) in [4.78, 5) is 26.5. The average Bonchev–Trinajstić information content (AvgIpc) is 3.13. The van der Waals surface area contributed by atoms with Gasteiger partial charge in [0.05, 0.1) is 4.91 Å². The van der Waals surface area contributed by atoms with Gasteiger partial charge in [0.15, 0.2) is 0 Å². The van der Waals surface area contributed by atoms with Crippen LogP contribution < -0.4 is 0 Å². The van der Waals surface area contributed by atoms with Crippen LogP contribution in [-0.2, 0) is 4.79 Å². The van der Waals surface area contributed by atoms with E-state index in [-0.39, 0.29) is 17.2 Å². The van der Waals surface area contributed by atoms with Gasteiger partial charge in [0.25, 0.3) is 11.1 Å². The first-order chi connectivity index (χ1) is 11.5. The van der Waals surface area contributed by atoms with Gasteiger partial charge in [-0.15, -0.1) is 0 Å². The van der Waals surface area contributed by atoms with Crippen molar-refractivity contribution in [1.29, 1.82) is 0 Å². The maximum absolute atomic E-state index is 12.5. The van der Waals surface area contributed by atoms with Crippen LogP contribution in [0.25, 0.3) is 11.8 Å². The van der Waals surface area contributed by atoms with E-state index in [0.29, 0.717) is 4.91 Å². The van der Waals surface area contributed by atoms with Crippen LogP contribution in [0.15, 0.2) is 47.5 Å². The summed E-state index contributed by atoms with van der Waals surface area (Å²) in [5.41, 5.74) is 1.90. The molecule has 0 aliphatic carbocycles. The molecule has 2 aromatic rings. The molecule has 1 saturated heterocycles. The van der Waals surface area contributed by atoms with Crippen LogP contribution in [-0.4, -0.2) is 26.7 Å². The molecule has 1 aromatic carbocycles. The van der Waals surface area contributed by atoms with Gasteiger partial charge in [0.1, 0.15) is 0 Å². The van der Waals surface area contributed by atoms with Gasteiger partial charge < -0.3 is 4.57 Å². The van der Waals surface area contributed by atoms with Crippen molar-refractivity contribution in [2.45, 2.75) is 26.3 Å². The van der Waals surface area contributed by atoms with Crippen LogP contribution in [0.1, 0.15) is 26.0 Å². The van der Waals surface area contributed by atoms with Crippen LogP contribution in [0.4, 0.5) is 4.79 Å². The highest BCUT2D eigenvalue weighted by molar-refractivity contribution is 14.1. The summed E-state index contributed by atoms with van der Waals surface area (Å²) in [5, 5.41) is -0.187. The predicted molar refractivity (Wildman–Crippen MR) is 106 cm³/mol. The number of nitrogens with zero attached hydrogens (tertiary/aromatic N) is 2. The van der Waals surface area contributed by atoms with Crippen LogP contribution in [0.5, 0.6) is 0 Å². The molecule has 1 aromatic heterocycles. The zero-order valence-electron chi connectivity index (χ0n) is 13.4. The molecule has 124 valence electrons. The van der Waals surface area contributed by atoms with Gasteiger partial charge in [-0.3, -0.25) is 14.5 Å². The molecule has 24 heavy (non-hydrogen) atoms. The molecule has 0 unspecified atom stereocenters. The maximum atomic E-state index is 12.5. The number of rotatable bonds is 4. The highest BCUT2D eigenvalue weighted by Crippen LogP contribution is 2.34. The Labute approximate surface area is 159 Å². The van der Waals surface area contributed by atoms with E-state index in [1.807, 2.05) is 61.0 Å². The molecular weight excluding hydrogens is 435 g/mol. The van der Waals surface area contributed by atoms with E-state index in [9.17, 15) is 9.59 Å². The summed E-state index contributed by atoms with van der Waals surface area (Å²) in [5.74, 6) is -0.199. The number of amides is 2. The molecule has 0 saturated carbocycles. The molecule has 2 heterocycles. The predicted octanol–water partition coefficient (Wildman–Crippen LogP) is 4.92. The maximum Gasteiger partial charge on any atom is 0.293 e. The monoisotopic (exact) mass is 452 g/mol. The van der Waals surface area contributed by atoms with Gasteiger partial charge >= 0.3 is 0 Å². The second kappa shape index (κ2) is 7.14. The normalized spacial score (nSPS) is 17.8. The average molecular weight is 452 g/mol. The highest BCUT2D eigenvalue weighted by Gasteiger charge is 2.37. The Morgan fingerprint density at radius 2 is 1.92 bits per heavy atom. The third-order valence-electron chi connectivity index (χ3n) is 4.02. The molecule has 0 spiro atoms. The molecule has 3 rings (SSSR count). The largest absolute Gasteiger partial charge is 0.317 e. The Balaban J connectivity index is 1.93. The van der Waals surface area contributed by atoms with Crippen LogP contribution in [0, 0.1) is 3.57 Å². The molecule has 4 nitrogen and oxygen atoms in total. The zero-order chi connectivity index (χ0) is 17.3. The van der Waals surface area contributed by atoms with Crippen molar-refractivity contribution in [3.63, 3.8) is 0 Å². The van der Waals surface area contributed by atoms with E-state index >= 15 is 0 Å². The van der Waals surface area contributed by atoms with Gasteiger partial charge in [-0.25, -0.2) is 0 Å². The van der Waals surface area contributed by atoms with Crippen LogP contribution in [0.3, 0.4) is 0 Å². The highest BCUT2D eigenvalue weighted by atomic mass is 127. The molecule has 1 atom stereocenters. The first kappa shape index (κ1) is 17.3. The van der Waals surface area contributed by atoms with Crippen LogP contribution >= 0.6 is 34.4 Å². The second-order valence-electron chi connectivity index (χ2n) is 5.59. The minimum atomic E-state index is -0.199. The number of benzene rings is 1. The number of carbonyl (C=O) groups excluding carboxylic acids is 2. The number of hydrogen-bond acceptors (Lipinski definition) is 3. The number of halogens is 1. The summed E-state index contributed by atoms with van der Waals surface area (Å²) in [6.07, 6.45) is 4.50. The quantitative estimate of drug-likeness (QED) is 0.489.